The molecule has 2 nitrogen and oxygen atoms in total. The zero-order valence-corrected chi connectivity index (χ0v) is 14.0. The van der Waals surface area contributed by atoms with Crippen molar-refractivity contribution in [1.82, 2.24) is 4.98 Å². The lowest BCUT2D eigenvalue weighted by Gasteiger charge is -2.40. The molecule has 2 aliphatic rings. The first kappa shape index (κ1) is 14.6. The van der Waals surface area contributed by atoms with Gasteiger partial charge in [0.2, 0.25) is 0 Å². The monoisotopic (exact) mass is 334 g/mol. The molecule has 3 atom stereocenters. The highest BCUT2D eigenvalue weighted by Crippen LogP contribution is 2.49. The molecule has 2 bridgehead atoms. The lowest BCUT2D eigenvalue weighted by Crippen LogP contribution is -2.30. The Morgan fingerprint density at radius 3 is 2.91 bits per heavy atom. The second-order valence-corrected chi connectivity index (χ2v) is 7.68. The number of hydrogen-bond donors (Lipinski definition) is 1. The van der Waals surface area contributed by atoms with Crippen molar-refractivity contribution in [1.29, 1.82) is 0 Å². The minimum atomic E-state index is 0.559. The van der Waals surface area contributed by atoms with Crippen LogP contribution in [0.15, 0.2) is 18.2 Å². The lowest BCUT2D eigenvalue weighted by atomic mass is 9.66. The molecule has 1 saturated carbocycles. The van der Waals surface area contributed by atoms with Crippen molar-refractivity contribution < 1.29 is 0 Å². The number of halogens is 2. The van der Waals surface area contributed by atoms with E-state index < -0.39 is 0 Å². The van der Waals surface area contributed by atoms with Crippen molar-refractivity contribution in [3.63, 3.8) is 0 Å². The average Bonchev–Trinajstić information content (AvgIpc) is 2.46. The van der Waals surface area contributed by atoms with Crippen LogP contribution in [0, 0.1) is 11.8 Å². The van der Waals surface area contributed by atoms with Crippen LogP contribution in [0.3, 0.4) is 0 Å². The number of alkyl halides is 1. The summed E-state index contributed by atoms with van der Waals surface area (Å²) in [7, 11) is 0. The van der Waals surface area contributed by atoms with E-state index in [1.807, 2.05) is 18.2 Å². The summed E-state index contributed by atoms with van der Waals surface area (Å²) in [5, 5.41) is 1.76. The summed E-state index contributed by atoms with van der Waals surface area (Å²) in [6, 6.07) is 5.83. The molecular formula is C18H20Cl2N2. The Morgan fingerprint density at radius 2 is 2.09 bits per heavy atom. The van der Waals surface area contributed by atoms with Crippen LogP contribution in [0.5, 0.6) is 0 Å². The minimum Gasteiger partial charge on any atom is -0.398 e. The van der Waals surface area contributed by atoms with Crippen LogP contribution in [0.4, 0.5) is 5.69 Å². The Morgan fingerprint density at radius 1 is 1.23 bits per heavy atom. The Hall–Kier alpha value is -0.990. The maximum atomic E-state index is 6.54. The van der Waals surface area contributed by atoms with Crippen LogP contribution < -0.4 is 5.73 Å². The number of pyridine rings is 1. The molecule has 0 amide bonds. The smallest absolute Gasteiger partial charge is 0.0741 e. The number of aromatic nitrogens is 1. The number of benzene rings is 1. The summed E-state index contributed by atoms with van der Waals surface area (Å²) in [6.07, 6.45) is 5.94. The first-order valence-corrected chi connectivity index (χ1v) is 9.00. The minimum absolute atomic E-state index is 0.559. The third-order valence-corrected chi connectivity index (χ3v) is 5.87. The Bertz CT molecular complexity index is 729. The molecule has 0 spiro atoms. The van der Waals surface area contributed by atoms with E-state index in [2.05, 4.69) is 0 Å². The number of nitrogens with zero attached hydrogens (tertiary/aromatic N) is 1. The van der Waals surface area contributed by atoms with Crippen LogP contribution in [-0.4, -0.2) is 10.9 Å². The first-order chi connectivity index (χ1) is 10.7. The van der Waals surface area contributed by atoms with Gasteiger partial charge in [0.05, 0.1) is 5.52 Å². The third-order valence-electron chi connectivity index (χ3n) is 5.42. The molecule has 2 aromatic rings. The van der Waals surface area contributed by atoms with Gasteiger partial charge in [0.15, 0.2) is 0 Å². The van der Waals surface area contributed by atoms with E-state index in [9.17, 15) is 0 Å². The molecule has 4 heteroatoms. The molecule has 116 valence electrons. The van der Waals surface area contributed by atoms with Crippen LogP contribution >= 0.6 is 23.2 Å². The second kappa shape index (κ2) is 5.58. The SMILES string of the molecule is Nc1c2c(nc3cc(Cl)ccc13)CC1CC(CCCl)CC2C1. The highest BCUT2D eigenvalue weighted by Gasteiger charge is 2.37. The van der Waals surface area contributed by atoms with Crippen molar-refractivity contribution in [2.75, 3.05) is 11.6 Å². The number of fused-ring (bicyclic) bond motifs is 5. The zero-order chi connectivity index (χ0) is 15.3. The van der Waals surface area contributed by atoms with Gasteiger partial charge in [-0.1, -0.05) is 11.6 Å². The Balaban J connectivity index is 1.82. The summed E-state index contributed by atoms with van der Waals surface area (Å²) in [4.78, 5) is 4.90. The molecule has 1 aromatic carbocycles. The van der Waals surface area contributed by atoms with E-state index in [4.69, 9.17) is 33.9 Å². The largest absolute Gasteiger partial charge is 0.398 e. The summed E-state index contributed by atoms with van der Waals surface area (Å²) in [5.41, 5.74) is 10.9. The average molecular weight is 335 g/mol. The molecular weight excluding hydrogens is 315 g/mol. The van der Waals surface area contributed by atoms with Gasteiger partial charge in [-0.2, -0.15) is 0 Å². The van der Waals surface area contributed by atoms with Crippen LogP contribution in [0.25, 0.3) is 10.9 Å². The number of hydrogen-bond acceptors (Lipinski definition) is 2. The van der Waals surface area contributed by atoms with E-state index >= 15 is 0 Å². The van der Waals surface area contributed by atoms with Crippen LogP contribution in [-0.2, 0) is 6.42 Å². The first-order valence-electron chi connectivity index (χ1n) is 8.09. The summed E-state index contributed by atoms with van der Waals surface area (Å²) in [5.74, 6) is 2.81. The third kappa shape index (κ3) is 2.37. The van der Waals surface area contributed by atoms with Gasteiger partial charge in [-0.05, 0) is 68.1 Å². The van der Waals surface area contributed by atoms with Crippen molar-refractivity contribution in [3.05, 3.63) is 34.5 Å². The van der Waals surface area contributed by atoms with Crippen LogP contribution in [0.1, 0.15) is 42.9 Å². The van der Waals surface area contributed by atoms with Gasteiger partial charge < -0.3 is 5.73 Å². The molecule has 0 radical (unpaired) electrons. The van der Waals surface area contributed by atoms with Crippen molar-refractivity contribution in [3.8, 4) is 0 Å². The van der Waals surface area contributed by atoms with Crippen LogP contribution in [0.2, 0.25) is 5.02 Å². The molecule has 0 saturated heterocycles. The fourth-order valence-electron chi connectivity index (χ4n) is 4.57. The Kier molecular flexibility index (Phi) is 3.70. The quantitative estimate of drug-likeness (QED) is 0.770. The standard InChI is InChI=1S/C18H20Cl2N2/c19-4-3-10-5-11-7-12(6-10)17-16(8-11)22-15-9-13(20)1-2-14(15)18(17)21/h1-2,9-12H,3-8H2,(H2,21,22). The molecule has 1 fully saturated rings. The van der Waals surface area contributed by atoms with Gasteiger partial charge in [0, 0.05) is 33.2 Å². The molecule has 4 rings (SSSR count). The number of nitrogens with two attached hydrogens (primary N) is 1. The fourth-order valence-corrected chi connectivity index (χ4v) is 5.05. The summed E-state index contributed by atoms with van der Waals surface area (Å²) >= 11 is 12.1. The van der Waals surface area contributed by atoms with Gasteiger partial charge in [-0.25, -0.2) is 0 Å². The van der Waals surface area contributed by atoms with Gasteiger partial charge in [0.1, 0.15) is 0 Å². The highest BCUT2D eigenvalue weighted by atomic mass is 35.5. The topological polar surface area (TPSA) is 38.9 Å². The summed E-state index contributed by atoms with van der Waals surface area (Å²) in [6.45, 7) is 0. The normalized spacial score (nSPS) is 26.9. The summed E-state index contributed by atoms with van der Waals surface area (Å²) < 4.78 is 0. The second-order valence-electron chi connectivity index (χ2n) is 6.87. The molecule has 22 heavy (non-hydrogen) atoms. The van der Waals surface area contributed by atoms with Gasteiger partial charge in [0.25, 0.3) is 0 Å². The number of nitrogen functional groups attached to an aromatic ring is 1. The van der Waals surface area contributed by atoms with E-state index in [-0.39, 0.29) is 0 Å². The van der Waals surface area contributed by atoms with Gasteiger partial charge in [-0.15, -0.1) is 11.6 Å². The molecule has 3 unspecified atom stereocenters. The van der Waals surface area contributed by atoms with E-state index in [0.29, 0.717) is 5.92 Å². The van der Waals surface area contributed by atoms with Gasteiger partial charge >= 0.3 is 0 Å². The highest BCUT2D eigenvalue weighted by molar-refractivity contribution is 6.31. The van der Waals surface area contributed by atoms with E-state index in [1.54, 1.807) is 0 Å². The van der Waals surface area contributed by atoms with Crippen molar-refractivity contribution in [2.24, 2.45) is 11.8 Å². The van der Waals surface area contributed by atoms with E-state index in [1.165, 1.54) is 30.5 Å². The van der Waals surface area contributed by atoms with Crippen molar-refractivity contribution in [2.45, 2.75) is 38.0 Å². The molecule has 0 aliphatic heterocycles. The van der Waals surface area contributed by atoms with Gasteiger partial charge in [-0.3, -0.25) is 4.98 Å². The maximum absolute atomic E-state index is 6.54. The number of rotatable bonds is 2. The Labute approximate surface area is 141 Å². The van der Waals surface area contributed by atoms with Crippen molar-refractivity contribution >= 4 is 39.8 Å². The molecule has 2 aliphatic carbocycles. The predicted octanol–water partition coefficient (Wildman–Crippen LogP) is 5.16. The molecule has 1 aromatic heterocycles. The maximum Gasteiger partial charge on any atom is 0.0741 e. The lowest BCUT2D eigenvalue weighted by molar-refractivity contribution is 0.216. The fraction of sp³-hybridized carbons (Fsp3) is 0.500. The number of anilines is 1. The van der Waals surface area contributed by atoms with E-state index in [0.717, 1.165) is 52.2 Å². The predicted molar refractivity (Wildman–Crippen MR) is 93.8 cm³/mol. The molecule has 2 N–H and O–H groups in total. The molecule has 1 heterocycles. The zero-order valence-electron chi connectivity index (χ0n) is 12.5.